The van der Waals surface area contributed by atoms with Crippen molar-refractivity contribution >= 4 is 17.5 Å². The number of carbonyl (C=O) groups excluding carboxylic acids is 1. The first kappa shape index (κ1) is 7.25. The predicted molar refractivity (Wildman–Crippen MR) is 29.3 cm³/mol. The molecule has 0 aliphatic rings. The molecule has 1 N–H and O–H groups in total. The lowest BCUT2D eigenvalue weighted by Gasteiger charge is -1.94. The van der Waals surface area contributed by atoms with E-state index < -0.39 is 11.3 Å². The van der Waals surface area contributed by atoms with Crippen LogP contribution in [0.4, 0.5) is 0 Å². The van der Waals surface area contributed by atoms with E-state index in [1.54, 1.807) is 6.07 Å². The van der Waals surface area contributed by atoms with E-state index in [1.165, 1.54) is 7.05 Å². The Morgan fingerprint density at radius 2 is 2.50 bits per heavy atom. The molecule has 0 aromatic heterocycles. The average molecular weight is 133 g/mol. The number of amides is 1. The summed E-state index contributed by atoms with van der Waals surface area (Å²) in [6, 6.07) is 1.57. The first-order valence-electron chi connectivity index (χ1n) is 1.97. The smallest absolute Gasteiger partial charge is 0.252 e. The second-order valence-electron chi connectivity index (χ2n) is 1.11. The summed E-state index contributed by atoms with van der Waals surface area (Å²) < 4.78 is 0. The summed E-state index contributed by atoms with van der Waals surface area (Å²) in [6.07, 6.45) is 0. The summed E-state index contributed by atoms with van der Waals surface area (Å²) >= 11 is 5.14. The molecule has 0 saturated carbocycles. The lowest BCUT2D eigenvalue weighted by Crippen LogP contribution is -2.26. The minimum Gasteiger partial charge on any atom is -0.357 e. The Hall–Kier alpha value is -0.750. The third-order valence-electron chi connectivity index (χ3n) is 0.590. The zero-order valence-electron chi connectivity index (χ0n) is 4.31. The molecule has 0 saturated heterocycles. The highest BCUT2D eigenvalue weighted by molar-refractivity contribution is 6.32. The summed E-state index contributed by atoms with van der Waals surface area (Å²) in [5.41, 5.74) is 0. The van der Waals surface area contributed by atoms with Crippen LogP contribution in [0.25, 0.3) is 0 Å². The Balaban J connectivity index is 3.68. The molecule has 0 aliphatic carbocycles. The summed E-state index contributed by atoms with van der Waals surface area (Å²) in [7, 11) is 1.43. The van der Waals surface area contributed by atoms with Gasteiger partial charge in [-0.2, -0.15) is 5.26 Å². The molecule has 0 radical (unpaired) electrons. The predicted octanol–water partition coefficient (Wildman–Crippen LogP) is -0.137. The number of halogens is 1. The average Bonchev–Trinajstić information content (AvgIpc) is 1.84. The van der Waals surface area contributed by atoms with Gasteiger partial charge in [-0.3, -0.25) is 4.79 Å². The number of alkyl halides is 1. The standard InChI is InChI=1S/C4H5ClN2O/c1-7-4(8)3(5)2-6/h3H,1H3,(H,7,8). The van der Waals surface area contributed by atoms with Gasteiger partial charge in [0.25, 0.3) is 5.91 Å². The molecule has 0 heterocycles. The second kappa shape index (κ2) is 3.28. The fourth-order valence-electron chi connectivity index (χ4n) is 0.185. The number of hydrogen-bond donors (Lipinski definition) is 1. The topological polar surface area (TPSA) is 52.9 Å². The third-order valence-corrected chi connectivity index (χ3v) is 0.886. The van der Waals surface area contributed by atoms with Gasteiger partial charge in [0, 0.05) is 7.05 Å². The molecule has 0 rings (SSSR count). The van der Waals surface area contributed by atoms with Crippen molar-refractivity contribution in [1.29, 1.82) is 5.26 Å². The largest absolute Gasteiger partial charge is 0.357 e. The first-order chi connectivity index (χ1) is 3.72. The lowest BCUT2D eigenvalue weighted by atomic mass is 10.4. The maximum atomic E-state index is 10.3. The molecule has 1 unspecified atom stereocenters. The number of hydrogen-bond acceptors (Lipinski definition) is 2. The molecule has 0 aliphatic heterocycles. The molecule has 1 atom stereocenters. The quantitative estimate of drug-likeness (QED) is 0.505. The fourth-order valence-corrected chi connectivity index (χ4v) is 0.294. The lowest BCUT2D eigenvalue weighted by molar-refractivity contribution is -0.119. The zero-order valence-corrected chi connectivity index (χ0v) is 5.07. The van der Waals surface area contributed by atoms with Gasteiger partial charge in [-0.25, -0.2) is 0 Å². The zero-order chi connectivity index (χ0) is 6.57. The van der Waals surface area contributed by atoms with E-state index in [-0.39, 0.29) is 0 Å². The summed E-state index contributed by atoms with van der Waals surface area (Å²) in [5, 5.41) is 9.16. The summed E-state index contributed by atoms with van der Waals surface area (Å²) in [4.78, 5) is 10.3. The van der Waals surface area contributed by atoms with E-state index in [2.05, 4.69) is 5.32 Å². The molecule has 1 amide bonds. The van der Waals surface area contributed by atoms with Crippen molar-refractivity contribution in [2.45, 2.75) is 5.38 Å². The van der Waals surface area contributed by atoms with Crippen LogP contribution in [0.1, 0.15) is 0 Å². The van der Waals surface area contributed by atoms with Gasteiger partial charge in [0.15, 0.2) is 5.38 Å². The van der Waals surface area contributed by atoms with Crippen LogP contribution in [0.3, 0.4) is 0 Å². The van der Waals surface area contributed by atoms with E-state index in [4.69, 9.17) is 16.9 Å². The van der Waals surface area contributed by atoms with Crippen LogP contribution in [0.2, 0.25) is 0 Å². The molecular formula is C4H5ClN2O. The summed E-state index contributed by atoms with van der Waals surface area (Å²) in [5.74, 6) is -0.464. The Kier molecular flexibility index (Phi) is 2.97. The Labute approximate surface area is 52.2 Å². The van der Waals surface area contributed by atoms with Gasteiger partial charge < -0.3 is 5.32 Å². The molecule has 0 aromatic rings. The Bertz CT molecular complexity index is 128. The maximum Gasteiger partial charge on any atom is 0.252 e. The van der Waals surface area contributed by atoms with E-state index in [9.17, 15) is 4.79 Å². The molecule has 4 heteroatoms. The van der Waals surface area contributed by atoms with E-state index in [0.29, 0.717) is 0 Å². The van der Waals surface area contributed by atoms with Crippen molar-refractivity contribution in [2.75, 3.05) is 7.05 Å². The number of carbonyl (C=O) groups is 1. The van der Waals surface area contributed by atoms with Crippen molar-refractivity contribution < 1.29 is 4.79 Å². The molecule has 8 heavy (non-hydrogen) atoms. The summed E-state index contributed by atoms with van der Waals surface area (Å²) in [6.45, 7) is 0. The first-order valence-corrected chi connectivity index (χ1v) is 2.41. The van der Waals surface area contributed by atoms with Crippen LogP contribution in [-0.4, -0.2) is 18.3 Å². The molecule has 0 spiro atoms. The van der Waals surface area contributed by atoms with Gasteiger partial charge in [0.1, 0.15) is 0 Å². The van der Waals surface area contributed by atoms with Crippen LogP contribution in [-0.2, 0) is 4.79 Å². The van der Waals surface area contributed by atoms with Crippen molar-refractivity contribution in [3.63, 3.8) is 0 Å². The van der Waals surface area contributed by atoms with Crippen molar-refractivity contribution in [3.8, 4) is 6.07 Å². The molecule has 3 nitrogen and oxygen atoms in total. The highest BCUT2D eigenvalue weighted by Crippen LogP contribution is 1.90. The minimum absolute atomic E-state index is 0.464. The molecule has 44 valence electrons. The number of rotatable bonds is 1. The maximum absolute atomic E-state index is 10.3. The van der Waals surface area contributed by atoms with E-state index in [1.807, 2.05) is 0 Å². The van der Waals surface area contributed by atoms with Crippen LogP contribution in [0.15, 0.2) is 0 Å². The molecular weight excluding hydrogens is 128 g/mol. The Morgan fingerprint density at radius 3 is 2.62 bits per heavy atom. The van der Waals surface area contributed by atoms with Crippen molar-refractivity contribution in [2.24, 2.45) is 0 Å². The monoisotopic (exact) mass is 132 g/mol. The molecule has 0 fully saturated rings. The van der Waals surface area contributed by atoms with Gasteiger partial charge in [-0.1, -0.05) is 11.6 Å². The van der Waals surface area contributed by atoms with Gasteiger partial charge in [0.05, 0.1) is 6.07 Å². The SMILES string of the molecule is CNC(=O)C(Cl)C#N. The van der Waals surface area contributed by atoms with Crippen molar-refractivity contribution in [1.82, 2.24) is 5.32 Å². The van der Waals surface area contributed by atoms with Crippen LogP contribution < -0.4 is 5.32 Å². The normalized spacial score (nSPS) is 11.6. The van der Waals surface area contributed by atoms with Gasteiger partial charge >= 0.3 is 0 Å². The molecule has 0 bridgehead atoms. The highest BCUT2D eigenvalue weighted by Gasteiger charge is 2.09. The molecule has 0 aromatic carbocycles. The van der Waals surface area contributed by atoms with Gasteiger partial charge in [0.2, 0.25) is 0 Å². The highest BCUT2D eigenvalue weighted by atomic mass is 35.5. The van der Waals surface area contributed by atoms with E-state index >= 15 is 0 Å². The van der Waals surface area contributed by atoms with Crippen LogP contribution in [0.5, 0.6) is 0 Å². The van der Waals surface area contributed by atoms with Crippen LogP contribution >= 0.6 is 11.6 Å². The van der Waals surface area contributed by atoms with Crippen LogP contribution in [0, 0.1) is 11.3 Å². The van der Waals surface area contributed by atoms with Gasteiger partial charge in [-0.15, -0.1) is 0 Å². The Morgan fingerprint density at radius 1 is 2.00 bits per heavy atom. The minimum atomic E-state index is -1.06. The third kappa shape index (κ3) is 1.80. The van der Waals surface area contributed by atoms with Crippen molar-refractivity contribution in [3.05, 3.63) is 0 Å². The number of nitrogens with zero attached hydrogens (tertiary/aromatic N) is 1. The second-order valence-corrected chi connectivity index (χ2v) is 1.54. The van der Waals surface area contributed by atoms with Gasteiger partial charge in [-0.05, 0) is 0 Å². The number of nitriles is 1. The fraction of sp³-hybridized carbons (Fsp3) is 0.500. The number of nitrogens with one attached hydrogen (secondary N) is 1. The van der Waals surface area contributed by atoms with E-state index in [0.717, 1.165) is 0 Å².